The van der Waals surface area contributed by atoms with E-state index in [0.29, 0.717) is 12.0 Å². The van der Waals surface area contributed by atoms with Gasteiger partial charge >= 0.3 is 0 Å². The van der Waals surface area contributed by atoms with E-state index in [0.717, 1.165) is 23.0 Å². The highest BCUT2D eigenvalue weighted by atomic mass is 79.9. The molecule has 0 heterocycles. The quantitative estimate of drug-likeness (QED) is 0.640. The van der Waals surface area contributed by atoms with Gasteiger partial charge in [-0.3, -0.25) is 0 Å². The molecule has 1 aromatic carbocycles. The van der Waals surface area contributed by atoms with Crippen LogP contribution in [0.5, 0.6) is 0 Å². The number of hydrogen-bond acceptors (Lipinski definition) is 1. The van der Waals surface area contributed by atoms with Crippen molar-refractivity contribution in [3.8, 4) is 0 Å². The van der Waals surface area contributed by atoms with Crippen molar-refractivity contribution in [3.05, 3.63) is 28.2 Å². The maximum absolute atomic E-state index is 5.77. The van der Waals surface area contributed by atoms with Crippen LogP contribution in [-0.4, -0.2) is 12.0 Å². The van der Waals surface area contributed by atoms with Gasteiger partial charge in [-0.15, -0.1) is 0 Å². The Balaban J connectivity index is 2.09. The number of aliphatic imine (C=N–C) groups is 1. The minimum absolute atomic E-state index is 0.446. The maximum atomic E-state index is 5.77. The second kappa shape index (κ2) is 4.23. The summed E-state index contributed by atoms with van der Waals surface area (Å²) in [5.74, 6) is 0.502. The van der Waals surface area contributed by atoms with Crippen LogP contribution < -0.4 is 11.1 Å². The number of benzene rings is 1. The van der Waals surface area contributed by atoms with Crippen LogP contribution in [0.4, 0.5) is 5.69 Å². The molecule has 15 heavy (non-hydrogen) atoms. The Hall–Kier alpha value is -1.03. The molecule has 1 aromatic rings. The molecule has 0 atom stereocenters. The molecule has 1 fully saturated rings. The lowest BCUT2D eigenvalue weighted by Gasteiger charge is -2.08. The number of rotatable bonds is 2. The van der Waals surface area contributed by atoms with Crippen molar-refractivity contribution >= 4 is 27.6 Å². The molecule has 0 bridgehead atoms. The van der Waals surface area contributed by atoms with Crippen LogP contribution in [0.2, 0.25) is 0 Å². The third-order valence-electron chi connectivity index (χ3n) is 2.26. The summed E-state index contributed by atoms with van der Waals surface area (Å²) in [4.78, 5) is 4.31. The first-order chi connectivity index (χ1) is 7.15. The highest BCUT2D eigenvalue weighted by molar-refractivity contribution is 9.10. The van der Waals surface area contributed by atoms with E-state index in [4.69, 9.17) is 5.73 Å². The van der Waals surface area contributed by atoms with Crippen LogP contribution in [0.1, 0.15) is 18.4 Å². The van der Waals surface area contributed by atoms with Crippen molar-refractivity contribution in [1.29, 1.82) is 0 Å². The third-order valence-corrected chi connectivity index (χ3v) is 2.91. The van der Waals surface area contributed by atoms with Crippen LogP contribution in [0.25, 0.3) is 0 Å². The molecular weight excluding hydrogens is 254 g/mol. The Kier molecular flexibility index (Phi) is 2.95. The van der Waals surface area contributed by atoms with Crippen LogP contribution >= 0.6 is 15.9 Å². The minimum Gasteiger partial charge on any atom is -0.370 e. The Bertz CT molecular complexity index is 397. The van der Waals surface area contributed by atoms with Crippen LogP contribution in [0, 0.1) is 6.92 Å². The molecule has 3 nitrogen and oxygen atoms in total. The lowest BCUT2D eigenvalue weighted by atomic mass is 10.2. The number of nitrogens with two attached hydrogens (primary N) is 1. The molecule has 3 N–H and O–H groups in total. The molecule has 0 aliphatic heterocycles. The summed E-state index contributed by atoms with van der Waals surface area (Å²) in [5, 5.41) is 3.09. The molecule has 2 rings (SSSR count). The summed E-state index contributed by atoms with van der Waals surface area (Å²) in [6.07, 6.45) is 2.33. The predicted molar refractivity (Wildman–Crippen MR) is 67.1 cm³/mol. The Morgan fingerprint density at radius 1 is 1.53 bits per heavy atom. The largest absolute Gasteiger partial charge is 0.370 e. The van der Waals surface area contributed by atoms with Gasteiger partial charge in [-0.1, -0.05) is 6.07 Å². The van der Waals surface area contributed by atoms with Crippen molar-refractivity contribution in [2.45, 2.75) is 25.8 Å². The predicted octanol–water partition coefficient (Wildman–Crippen LogP) is 2.65. The maximum Gasteiger partial charge on any atom is 0.193 e. The van der Waals surface area contributed by atoms with Crippen molar-refractivity contribution < 1.29 is 0 Å². The minimum atomic E-state index is 0.446. The average molecular weight is 268 g/mol. The first-order valence-electron chi connectivity index (χ1n) is 5.01. The molecule has 0 amide bonds. The Morgan fingerprint density at radius 3 is 2.87 bits per heavy atom. The van der Waals surface area contributed by atoms with E-state index >= 15 is 0 Å². The summed E-state index contributed by atoms with van der Waals surface area (Å²) in [6.45, 7) is 2.05. The molecule has 1 aliphatic carbocycles. The smallest absolute Gasteiger partial charge is 0.193 e. The van der Waals surface area contributed by atoms with Gasteiger partial charge < -0.3 is 11.1 Å². The summed E-state index contributed by atoms with van der Waals surface area (Å²) < 4.78 is 1.01. The van der Waals surface area contributed by atoms with Crippen LogP contribution in [0.3, 0.4) is 0 Å². The fourth-order valence-electron chi connectivity index (χ4n) is 1.29. The second-order valence-electron chi connectivity index (χ2n) is 3.85. The molecule has 80 valence electrons. The fourth-order valence-corrected chi connectivity index (χ4v) is 1.88. The molecule has 1 aliphatic rings. The molecule has 1 saturated carbocycles. The standard InChI is InChI=1S/C11H14BrN3/c1-7-2-5-10(9(12)6-7)15-11(13)14-8-3-4-8/h2,5-6,8H,3-4H2,1H3,(H3,13,14,15). The van der Waals surface area contributed by atoms with E-state index in [-0.39, 0.29) is 0 Å². The summed E-state index contributed by atoms with van der Waals surface area (Å²) in [7, 11) is 0. The molecule has 4 heteroatoms. The van der Waals surface area contributed by atoms with Gasteiger partial charge in [0.05, 0.1) is 11.7 Å². The number of aryl methyl sites for hydroxylation is 1. The number of nitrogens with zero attached hydrogens (tertiary/aromatic N) is 1. The molecule has 0 aromatic heterocycles. The van der Waals surface area contributed by atoms with Crippen molar-refractivity contribution in [2.75, 3.05) is 5.32 Å². The van der Waals surface area contributed by atoms with E-state index in [2.05, 4.69) is 33.2 Å². The topological polar surface area (TPSA) is 50.4 Å². The van der Waals surface area contributed by atoms with Gasteiger partial charge in [-0.2, -0.15) is 0 Å². The number of nitrogens with one attached hydrogen (secondary N) is 1. The summed E-state index contributed by atoms with van der Waals surface area (Å²) in [5.41, 5.74) is 7.95. The Labute approximate surface area is 97.9 Å². The highest BCUT2D eigenvalue weighted by Gasteiger charge is 2.20. The van der Waals surface area contributed by atoms with Gasteiger partial charge in [-0.05, 0) is 53.4 Å². The van der Waals surface area contributed by atoms with E-state index in [1.807, 2.05) is 18.2 Å². The first-order valence-corrected chi connectivity index (χ1v) is 5.81. The van der Waals surface area contributed by atoms with Crippen LogP contribution in [-0.2, 0) is 0 Å². The van der Waals surface area contributed by atoms with Crippen LogP contribution in [0.15, 0.2) is 27.7 Å². The highest BCUT2D eigenvalue weighted by Crippen LogP contribution is 2.25. The normalized spacial score (nSPS) is 16.5. The van der Waals surface area contributed by atoms with Gasteiger partial charge in [0.25, 0.3) is 0 Å². The third kappa shape index (κ3) is 2.96. The lowest BCUT2D eigenvalue weighted by Crippen LogP contribution is -2.23. The molecule has 0 unspecified atom stereocenters. The van der Waals surface area contributed by atoms with Gasteiger partial charge in [0.1, 0.15) is 0 Å². The van der Waals surface area contributed by atoms with Gasteiger partial charge in [0.15, 0.2) is 5.96 Å². The molecule has 0 saturated heterocycles. The number of guanidine groups is 1. The zero-order valence-corrected chi connectivity index (χ0v) is 10.2. The fraction of sp³-hybridized carbons (Fsp3) is 0.364. The average Bonchev–Trinajstić information content (AvgIpc) is 2.94. The van der Waals surface area contributed by atoms with Crippen molar-refractivity contribution in [2.24, 2.45) is 10.7 Å². The summed E-state index contributed by atoms with van der Waals surface area (Å²) in [6, 6.07) is 6.53. The monoisotopic (exact) mass is 267 g/mol. The van der Waals surface area contributed by atoms with E-state index < -0.39 is 0 Å². The van der Waals surface area contributed by atoms with E-state index in [9.17, 15) is 0 Å². The van der Waals surface area contributed by atoms with Gasteiger partial charge in [0, 0.05) is 4.47 Å². The van der Waals surface area contributed by atoms with Gasteiger partial charge in [0.2, 0.25) is 0 Å². The lowest BCUT2D eigenvalue weighted by molar-refractivity contribution is 1.06. The molecular formula is C11H14BrN3. The van der Waals surface area contributed by atoms with Gasteiger partial charge in [-0.25, -0.2) is 4.99 Å². The first kappa shape index (κ1) is 10.5. The van der Waals surface area contributed by atoms with E-state index in [1.165, 1.54) is 5.56 Å². The zero-order valence-electron chi connectivity index (χ0n) is 8.63. The summed E-state index contributed by atoms with van der Waals surface area (Å²) >= 11 is 3.48. The van der Waals surface area contributed by atoms with Crippen molar-refractivity contribution in [1.82, 2.24) is 0 Å². The number of hydrogen-bond donors (Lipinski definition) is 2. The number of anilines is 1. The van der Waals surface area contributed by atoms with Crippen molar-refractivity contribution in [3.63, 3.8) is 0 Å². The molecule has 0 spiro atoms. The van der Waals surface area contributed by atoms with E-state index in [1.54, 1.807) is 0 Å². The number of halogens is 1. The molecule has 0 radical (unpaired) electrons. The zero-order chi connectivity index (χ0) is 10.8. The SMILES string of the molecule is Cc1ccc(NC(N)=NC2CC2)c(Br)c1. The Morgan fingerprint density at radius 2 is 2.27 bits per heavy atom. The second-order valence-corrected chi connectivity index (χ2v) is 4.71.